The van der Waals surface area contributed by atoms with E-state index in [1.54, 1.807) is 4.68 Å². The molecule has 0 bridgehead atoms. The maximum absolute atomic E-state index is 12.9. The summed E-state index contributed by atoms with van der Waals surface area (Å²) < 4.78 is 3.72. The molecule has 1 atom stereocenters. The molecule has 0 aliphatic carbocycles. The highest BCUT2D eigenvalue weighted by molar-refractivity contribution is 5.82. The monoisotopic (exact) mass is 350 g/mol. The van der Waals surface area contributed by atoms with Crippen LogP contribution in [0.25, 0.3) is 11.5 Å². The Bertz CT molecular complexity index is 923. The van der Waals surface area contributed by atoms with Gasteiger partial charge in [0.2, 0.25) is 5.91 Å². The van der Waals surface area contributed by atoms with Gasteiger partial charge in [-0.2, -0.15) is 5.10 Å². The molecule has 3 aromatic rings. The number of rotatable bonds is 4. The van der Waals surface area contributed by atoms with Gasteiger partial charge in [0.1, 0.15) is 11.7 Å². The van der Waals surface area contributed by atoms with Crippen LogP contribution in [-0.4, -0.2) is 41.9 Å². The molecule has 0 radical (unpaired) electrons. The van der Waals surface area contributed by atoms with Crippen molar-refractivity contribution in [2.24, 2.45) is 7.05 Å². The molecule has 26 heavy (non-hydrogen) atoms. The van der Waals surface area contributed by atoms with Crippen molar-refractivity contribution in [1.29, 1.82) is 0 Å². The summed E-state index contributed by atoms with van der Waals surface area (Å²) >= 11 is 0. The molecular weight excluding hydrogens is 328 g/mol. The van der Waals surface area contributed by atoms with Crippen molar-refractivity contribution >= 4 is 5.91 Å². The van der Waals surface area contributed by atoms with Crippen LogP contribution in [0.15, 0.2) is 36.4 Å². The van der Waals surface area contributed by atoms with Gasteiger partial charge in [-0.1, -0.05) is 30.3 Å². The molecule has 1 amide bonds. The van der Waals surface area contributed by atoms with Crippen molar-refractivity contribution in [2.45, 2.75) is 32.9 Å². The van der Waals surface area contributed by atoms with E-state index >= 15 is 0 Å². The minimum absolute atomic E-state index is 0.0992. The molecule has 7 heteroatoms. The summed E-state index contributed by atoms with van der Waals surface area (Å²) in [7, 11) is 1.90. The normalized spacial score (nSPS) is 16.8. The fourth-order valence-electron chi connectivity index (χ4n) is 3.40. The van der Waals surface area contributed by atoms with Gasteiger partial charge in [-0.25, -0.2) is 0 Å². The van der Waals surface area contributed by atoms with E-state index in [9.17, 15) is 4.79 Å². The number of nitrogens with zero attached hydrogens (tertiary/aromatic N) is 6. The summed E-state index contributed by atoms with van der Waals surface area (Å²) in [6.07, 6.45) is 0.833. The first-order valence-corrected chi connectivity index (χ1v) is 8.82. The average Bonchev–Trinajstić information content (AvgIpc) is 3.21. The standard InChI is InChI=1S/C19H22N6O/c1-13-11-16(22-23(13)3)18-21-20-17-12-24(19(26)14(2)25(17)18)10-9-15-7-5-4-6-8-15/h4-8,11,14H,9-10,12H2,1-3H3/t14-/m1/s1. The number of hydrogen-bond donors (Lipinski definition) is 0. The predicted molar refractivity (Wildman–Crippen MR) is 97.2 cm³/mol. The Morgan fingerprint density at radius 2 is 1.96 bits per heavy atom. The van der Waals surface area contributed by atoms with Crippen LogP contribution in [0.2, 0.25) is 0 Å². The Kier molecular flexibility index (Phi) is 4.06. The van der Waals surface area contributed by atoms with Crippen LogP contribution in [0, 0.1) is 6.92 Å². The lowest BCUT2D eigenvalue weighted by molar-refractivity contribution is -0.136. The van der Waals surface area contributed by atoms with E-state index in [1.165, 1.54) is 5.56 Å². The fourth-order valence-corrected chi connectivity index (χ4v) is 3.40. The smallest absolute Gasteiger partial charge is 0.245 e. The third-order valence-electron chi connectivity index (χ3n) is 5.01. The van der Waals surface area contributed by atoms with Crippen molar-refractivity contribution in [3.05, 3.63) is 53.5 Å². The summed E-state index contributed by atoms with van der Waals surface area (Å²) in [6.45, 7) is 5.06. The first kappa shape index (κ1) is 16.5. The highest BCUT2D eigenvalue weighted by Crippen LogP contribution is 2.28. The molecule has 1 aliphatic rings. The zero-order valence-corrected chi connectivity index (χ0v) is 15.3. The lowest BCUT2D eigenvalue weighted by Crippen LogP contribution is -2.42. The quantitative estimate of drug-likeness (QED) is 0.723. The molecule has 1 aliphatic heterocycles. The van der Waals surface area contributed by atoms with Crippen molar-refractivity contribution in [2.75, 3.05) is 6.54 Å². The summed E-state index contributed by atoms with van der Waals surface area (Å²) in [6, 6.07) is 11.9. The van der Waals surface area contributed by atoms with E-state index in [-0.39, 0.29) is 11.9 Å². The number of benzene rings is 1. The lowest BCUT2D eigenvalue weighted by atomic mass is 10.1. The SMILES string of the molecule is Cc1cc(-c2nnc3n2[C@H](C)C(=O)N(CCc2ccccc2)C3)nn1C. The maximum atomic E-state index is 12.9. The number of aromatic nitrogens is 5. The van der Waals surface area contributed by atoms with Gasteiger partial charge in [-0.15, -0.1) is 10.2 Å². The Morgan fingerprint density at radius 1 is 1.19 bits per heavy atom. The van der Waals surface area contributed by atoms with E-state index < -0.39 is 0 Å². The number of fused-ring (bicyclic) bond motifs is 1. The molecule has 7 nitrogen and oxygen atoms in total. The predicted octanol–water partition coefficient (Wildman–Crippen LogP) is 2.13. The minimum Gasteiger partial charge on any atom is -0.333 e. The van der Waals surface area contributed by atoms with E-state index in [1.807, 2.05) is 54.6 Å². The number of hydrogen-bond acceptors (Lipinski definition) is 4. The molecule has 0 fully saturated rings. The van der Waals surface area contributed by atoms with E-state index in [0.717, 1.165) is 23.6 Å². The van der Waals surface area contributed by atoms with E-state index in [2.05, 4.69) is 27.4 Å². The molecule has 134 valence electrons. The summed E-state index contributed by atoms with van der Waals surface area (Å²) in [4.78, 5) is 14.8. The Labute approximate surface area is 152 Å². The van der Waals surface area contributed by atoms with Crippen molar-refractivity contribution in [3.8, 4) is 11.5 Å². The fraction of sp³-hybridized carbons (Fsp3) is 0.368. The number of carbonyl (C=O) groups is 1. The third-order valence-corrected chi connectivity index (χ3v) is 5.01. The zero-order valence-electron chi connectivity index (χ0n) is 15.3. The van der Waals surface area contributed by atoms with Gasteiger partial charge >= 0.3 is 0 Å². The van der Waals surface area contributed by atoms with Gasteiger partial charge in [0.05, 0.1) is 6.54 Å². The first-order chi connectivity index (χ1) is 12.5. The first-order valence-electron chi connectivity index (χ1n) is 8.82. The highest BCUT2D eigenvalue weighted by atomic mass is 16.2. The van der Waals surface area contributed by atoms with Crippen molar-refractivity contribution < 1.29 is 4.79 Å². The molecule has 1 aromatic carbocycles. The third kappa shape index (κ3) is 2.79. The lowest BCUT2D eigenvalue weighted by Gasteiger charge is -2.32. The van der Waals surface area contributed by atoms with Gasteiger partial charge in [-0.3, -0.25) is 14.0 Å². The van der Waals surface area contributed by atoms with Crippen LogP contribution in [-0.2, 0) is 24.8 Å². The van der Waals surface area contributed by atoms with Crippen LogP contribution in [0.3, 0.4) is 0 Å². The topological polar surface area (TPSA) is 68.8 Å². The second-order valence-electron chi connectivity index (χ2n) is 6.78. The second-order valence-corrected chi connectivity index (χ2v) is 6.78. The van der Waals surface area contributed by atoms with Gasteiger partial charge in [0, 0.05) is 19.3 Å². The van der Waals surface area contributed by atoms with Crippen molar-refractivity contribution in [3.63, 3.8) is 0 Å². The van der Waals surface area contributed by atoms with Crippen LogP contribution in [0.4, 0.5) is 0 Å². The molecule has 0 saturated heterocycles. The Hall–Kier alpha value is -2.96. The molecular formula is C19H22N6O. The highest BCUT2D eigenvalue weighted by Gasteiger charge is 2.33. The number of carbonyl (C=O) groups excluding carboxylic acids is 1. The largest absolute Gasteiger partial charge is 0.333 e. The summed E-state index contributed by atoms with van der Waals surface area (Å²) in [5, 5.41) is 13.1. The minimum atomic E-state index is -0.332. The van der Waals surface area contributed by atoms with Crippen LogP contribution in [0.1, 0.15) is 30.0 Å². The van der Waals surface area contributed by atoms with E-state index in [0.29, 0.717) is 18.9 Å². The maximum Gasteiger partial charge on any atom is 0.245 e. The molecule has 0 saturated carbocycles. The van der Waals surface area contributed by atoms with E-state index in [4.69, 9.17) is 0 Å². The molecule has 0 unspecified atom stereocenters. The van der Waals surface area contributed by atoms with Crippen LogP contribution in [0.5, 0.6) is 0 Å². The molecule has 0 N–H and O–H groups in total. The average molecular weight is 350 g/mol. The molecule has 4 rings (SSSR count). The summed E-state index contributed by atoms with van der Waals surface area (Å²) in [5.41, 5.74) is 3.02. The Balaban J connectivity index is 1.58. The zero-order chi connectivity index (χ0) is 18.3. The van der Waals surface area contributed by atoms with Crippen LogP contribution >= 0.6 is 0 Å². The summed E-state index contributed by atoms with van der Waals surface area (Å²) in [5.74, 6) is 1.57. The second kappa shape index (κ2) is 6.40. The molecule has 2 aromatic heterocycles. The molecule has 0 spiro atoms. The van der Waals surface area contributed by atoms with Gasteiger partial charge in [0.15, 0.2) is 11.6 Å². The van der Waals surface area contributed by atoms with Gasteiger partial charge < -0.3 is 4.90 Å². The van der Waals surface area contributed by atoms with Crippen LogP contribution < -0.4 is 0 Å². The van der Waals surface area contributed by atoms with Gasteiger partial charge in [0.25, 0.3) is 0 Å². The molecule has 3 heterocycles. The Morgan fingerprint density at radius 3 is 2.65 bits per heavy atom. The number of aryl methyl sites for hydroxylation is 2. The number of amides is 1. The van der Waals surface area contributed by atoms with Crippen molar-refractivity contribution in [1.82, 2.24) is 29.4 Å². The van der Waals surface area contributed by atoms with Gasteiger partial charge in [-0.05, 0) is 31.9 Å².